The van der Waals surface area contributed by atoms with Crippen molar-refractivity contribution in [1.82, 2.24) is 5.32 Å². The van der Waals surface area contributed by atoms with E-state index in [2.05, 4.69) is 36.5 Å². The Balaban J connectivity index is 1.60. The summed E-state index contributed by atoms with van der Waals surface area (Å²) in [4.78, 5) is 0. The minimum Gasteiger partial charge on any atom is -0.490 e. The van der Waals surface area contributed by atoms with Crippen LogP contribution in [0.5, 0.6) is 5.75 Å². The molecule has 1 aromatic rings. The lowest BCUT2D eigenvalue weighted by Gasteiger charge is -2.46. The maximum atomic E-state index is 6.15. The van der Waals surface area contributed by atoms with Crippen molar-refractivity contribution in [2.75, 3.05) is 13.7 Å². The Hall–Kier alpha value is -1.06. The van der Waals surface area contributed by atoms with Gasteiger partial charge in [0, 0.05) is 18.9 Å². The molecule has 1 heterocycles. The van der Waals surface area contributed by atoms with Crippen LogP contribution in [0.15, 0.2) is 24.3 Å². The van der Waals surface area contributed by atoms with E-state index in [0.717, 1.165) is 25.2 Å². The number of ether oxygens (including phenoxy) is 2. The van der Waals surface area contributed by atoms with Gasteiger partial charge in [-0.3, -0.25) is 0 Å². The van der Waals surface area contributed by atoms with E-state index >= 15 is 0 Å². The van der Waals surface area contributed by atoms with Gasteiger partial charge in [0.05, 0.1) is 12.2 Å². The van der Waals surface area contributed by atoms with Gasteiger partial charge in [-0.15, -0.1) is 0 Å². The van der Waals surface area contributed by atoms with Crippen molar-refractivity contribution < 1.29 is 9.47 Å². The van der Waals surface area contributed by atoms with Crippen molar-refractivity contribution in [3.63, 3.8) is 0 Å². The Kier molecular flexibility index (Phi) is 3.99. The quantitative estimate of drug-likeness (QED) is 0.913. The summed E-state index contributed by atoms with van der Waals surface area (Å²) in [6.45, 7) is 3.01. The average Bonchev–Trinajstić information content (AvgIpc) is 2.46. The Bertz CT molecular complexity index is 439. The minimum atomic E-state index is 0.156. The molecule has 2 aliphatic rings. The van der Waals surface area contributed by atoms with Crippen LogP contribution in [0.1, 0.15) is 50.6 Å². The zero-order chi connectivity index (χ0) is 14.0. The van der Waals surface area contributed by atoms with Gasteiger partial charge in [-0.2, -0.15) is 0 Å². The normalized spacial score (nSPS) is 26.0. The van der Waals surface area contributed by atoms with E-state index in [4.69, 9.17) is 9.47 Å². The van der Waals surface area contributed by atoms with Gasteiger partial charge in [-0.05, 0) is 50.9 Å². The fourth-order valence-electron chi connectivity index (χ4n) is 3.20. The highest BCUT2D eigenvalue weighted by atomic mass is 16.5. The first-order valence-electron chi connectivity index (χ1n) is 7.79. The molecule has 1 saturated carbocycles. The van der Waals surface area contributed by atoms with Crippen LogP contribution in [0, 0.1) is 0 Å². The second kappa shape index (κ2) is 5.74. The third-order valence-corrected chi connectivity index (χ3v) is 4.83. The van der Waals surface area contributed by atoms with Crippen molar-refractivity contribution >= 4 is 0 Å². The number of nitrogens with one attached hydrogen (secondary N) is 1. The third kappa shape index (κ3) is 2.84. The van der Waals surface area contributed by atoms with Crippen molar-refractivity contribution in [1.29, 1.82) is 0 Å². The topological polar surface area (TPSA) is 30.5 Å². The molecule has 1 spiro atoms. The van der Waals surface area contributed by atoms with Crippen molar-refractivity contribution in [2.45, 2.75) is 56.8 Å². The molecule has 3 rings (SSSR count). The number of benzene rings is 1. The second-order valence-electron chi connectivity index (χ2n) is 6.20. The molecule has 2 fully saturated rings. The molecule has 1 aromatic carbocycles. The molecule has 110 valence electrons. The predicted molar refractivity (Wildman–Crippen MR) is 80.1 cm³/mol. The van der Waals surface area contributed by atoms with E-state index in [1.165, 1.54) is 24.8 Å². The lowest BCUT2D eigenvalue weighted by Crippen LogP contribution is -2.48. The first-order chi connectivity index (χ1) is 9.71. The molecular weight excluding hydrogens is 250 g/mol. The molecule has 2 unspecified atom stereocenters. The molecule has 3 heteroatoms. The zero-order valence-corrected chi connectivity index (χ0v) is 12.5. The van der Waals surface area contributed by atoms with E-state index in [-0.39, 0.29) is 5.60 Å². The first-order valence-corrected chi connectivity index (χ1v) is 7.79. The lowest BCUT2D eigenvalue weighted by atomic mass is 9.74. The Morgan fingerprint density at radius 1 is 1.30 bits per heavy atom. The highest BCUT2D eigenvalue weighted by molar-refractivity contribution is 5.29. The maximum Gasteiger partial charge on any atom is 0.119 e. The lowest BCUT2D eigenvalue weighted by molar-refractivity contribution is -0.153. The van der Waals surface area contributed by atoms with E-state index in [1.54, 1.807) is 0 Å². The molecule has 0 bridgehead atoms. The summed E-state index contributed by atoms with van der Waals surface area (Å²) in [6.07, 6.45) is 6.12. The zero-order valence-electron chi connectivity index (χ0n) is 12.5. The SMILES string of the molecule is CNC(C)c1ccc(OC2CCOC3(CCC3)C2)cc1. The molecule has 1 aliphatic carbocycles. The Morgan fingerprint density at radius 3 is 2.65 bits per heavy atom. The fourth-order valence-corrected chi connectivity index (χ4v) is 3.20. The van der Waals surface area contributed by atoms with Crippen LogP contribution in [-0.4, -0.2) is 25.4 Å². The van der Waals surface area contributed by atoms with E-state index in [0.29, 0.717) is 12.1 Å². The van der Waals surface area contributed by atoms with Crippen LogP contribution in [0.25, 0.3) is 0 Å². The van der Waals surface area contributed by atoms with Crippen LogP contribution >= 0.6 is 0 Å². The summed E-state index contributed by atoms with van der Waals surface area (Å²) in [7, 11) is 1.98. The standard InChI is InChI=1S/C17H25NO2/c1-13(18-2)14-4-6-15(7-5-14)20-16-8-11-19-17(12-16)9-3-10-17/h4-7,13,16,18H,3,8-12H2,1-2H3. The van der Waals surface area contributed by atoms with Gasteiger partial charge in [0.15, 0.2) is 0 Å². The molecule has 3 nitrogen and oxygen atoms in total. The molecule has 1 saturated heterocycles. The summed E-state index contributed by atoms with van der Waals surface area (Å²) in [5.41, 5.74) is 1.45. The van der Waals surface area contributed by atoms with Crippen LogP contribution < -0.4 is 10.1 Å². The third-order valence-electron chi connectivity index (χ3n) is 4.83. The van der Waals surface area contributed by atoms with Crippen LogP contribution in [0.2, 0.25) is 0 Å². The summed E-state index contributed by atoms with van der Waals surface area (Å²) in [6, 6.07) is 8.85. The molecule has 2 atom stereocenters. The Morgan fingerprint density at radius 2 is 2.05 bits per heavy atom. The van der Waals surface area contributed by atoms with Crippen molar-refractivity contribution in [2.24, 2.45) is 0 Å². The highest BCUT2D eigenvalue weighted by Gasteiger charge is 2.43. The summed E-state index contributed by atoms with van der Waals surface area (Å²) < 4.78 is 12.1. The van der Waals surface area contributed by atoms with Crippen LogP contribution in [-0.2, 0) is 4.74 Å². The van der Waals surface area contributed by atoms with E-state index < -0.39 is 0 Å². The number of rotatable bonds is 4. The molecule has 0 aromatic heterocycles. The van der Waals surface area contributed by atoms with Gasteiger partial charge in [0.1, 0.15) is 11.9 Å². The molecule has 1 N–H and O–H groups in total. The van der Waals surface area contributed by atoms with Crippen LogP contribution in [0.4, 0.5) is 0 Å². The monoisotopic (exact) mass is 275 g/mol. The van der Waals surface area contributed by atoms with E-state index in [1.807, 2.05) is 7.05 Å². The molecule has 1 aliphatic heterocycles. The van der Waals surface area contributed by atoms with Gasteiger partial charge in [0.25, 0.3) is 0 Å². The van der Waals surface area contributed by atoms with Gasteiger partial charge in [-0.25, -0.2) is 0 Å². The van der Waals surface area contributed by atoms with Gasteiger partial charge in [0.2, 0.25) is 0 Å². The smallest absolute Gasteiger partial charge is 0.119 e. The van der Waals surface area contributed by atoms with Crippen molar-refractivity contribution in [3.8, 4) is 5.75 Å². The van der Waals surface area contributed by atoms with Crippen LogP contribution in [0.3, 0.4) is 0 Å². The van der Waals surface area contributed by atoms with E-state index in [9.17, 15) is 0 Å². The summed E-state index contributed by atoms with van der Waals surface area (Å²) in [5, 5.41) is 3.25. The molecule has 20 heavy (non-hydrogen) atoms. The average molecular weight is 275 g/mol. The highest BCUT2D eigenvalue weighted by Crippen LogP contribution is 2.43. The van der Waals surface area contributed by atoms with Gasteiger partial charge >= 0.3 is 0 Å². The number of hydrogen-bond donors (Lipinski definition) is 1. The minimum absolute atomic E-state index is 0.156. The molecule has 0 amide bonds. The van der Waals surface area contributed by atoms with Gasteiger partial charge in [-0.1, -0.05) is 12.1 Å². The fraction of sp³-hybridized carbons (Fsp3) is 0.647. The van der Waals surface area contributed by atoms with Crippen molar-refractivity contribution in [3.05, 3.63) is 29.8 Å². The predicted octanol–water partition coefficient (Wildman–Crippen LogP) is 3.45. The number of hydrogen-bond acceptors (Lipinski definition) is 3. The molecular formula is C17H25NO2. The summed E-state index contributed by atoms with van der Waals surface area (Å²) in [5.74, 6) is 0.985. The summed E-state index contributed by atoms with van der Waals surface area (Å²) >= 11 is 0. The molecule has 0 radical (unpaired) electrons. The maximum absolute atomic E-state index is 6.15. The Labute approximate surface area is 121 Å². The first kappa shape index (κ1) is 13.9. The largest absolute Gasteiger partial charge is 0.490 e. The second-order valence-corrected chi connectivity index (χ2v) is 6.20. The van der Waals surface area contributed by atoms with Gasteiger partial charge < -0.3 is 14.8 Å².